The van der Waals surface area contributed by atoms with Crippen molar-refractivity contribution in [3.63, 3.8) is 0 Å². The number of methoxy groups -OCH3 is 1. The van der Waals surface area contributed by atoms with Crippen LogP contribution in [-0.2, 0) is 52.5 Å². The topological polar surface area (TPSA) is 185 Å². The predicted octanol–water partition coefficient (Wildman–Crippen LogP) is -0.490. The van der Waals surface area contributed by atoms with Gasteiger partial charge in [-0.1, -0.05) is 0 Å². The molecule has 1 saturated heterocycles. The zero-order chi connectivity index (χ0) is 29.2. The summed E-state index contributed by atoms with van der Waals surface area (Å²) < 4.78 is 25.1. The van der Waals surface area contributed by atoms with Crippen LogP contribution in [0.1, 0.15) is 34.6 Å². The summed E-state index contributed by atoms with van der Waals surface area (Å²) in [6.45, 7) is 5.42. The fourth-order valence-electron chi connectivity index (χ4n) is 3.54. The summed E-state index contributed by atoms with van der Waals surface area (Å²) in [6.07, 6.45) is -4.57. The van der Waals surface area contributed by atoms with Gasteiger partial charge in [-0.15, -0.1) is 11.8 Å². The second-order valence-corrected chi connectivity index (χ2v) is 10.0. The van der Waals surface area contributed by atoms with Crippen LogP contribution in [0.2, 0.25) is 0 Å². The number of ether oxygens (including phenoxy) is 5. The van der Waals surface area contributed by atoms with E-state index in [1.54, 1.807) is 0 Å². The first kappa shape index (κ1) is 32.9. The van der Waals surface area contributed by atoms with Crippen molar-refractivity contribution >= 4 is 47.6 Å². The number of nitrogens with zero attached hydrogens (tertiary/aromatic N) is 1. The van der Waals surface area contributed by atoms with Crippen molar-refractivity contribution in [1.29, 1.82) is 0 Å². The van der Waals surface area contributed by atoms with Gasteiger partial charge in [0.2, 0.25) is 5.91 Å². The number of carbonyl (C=O) groups excluding carboxylic acids is 6. The molecular formula is C22H35N3O12S. The molecule has 38 heavy (non-hydrogen) atoms. The van der Waals surface area contributed by atoms with Crippen molar-refractivity contribution < 1.29 is 57.3 Å². The van der Waals surface area contributed by atoms with E-state index in [1.807, 2.05) is 0 Å². The van der Waals surface area contributed by atoms with Gasteiger partial charge in [0, 0.05) is 41.3 Å². The number of alkyl carbamates (subject to hydrolysis) is 1. The maximum Gasteiger partial charge on any atom is 0.406 e. The Morgan fingerprint density at radius 3 is 2.00 bits per heavy atom. The van der Waals surface area contributed by atoms with Crippen LogP contribution < -0.4 is 10.6 Å². The average Bonchev–Trinajstić information content (AvgIpc) is 2.83. The van der Waals surface area contributed by atoms with Crippen molar-refractivity contribution in [2.45, 2.75) is 69.2 Å². The van der Waals surface area contributed by atoms with Crippen LogP contribution in [-0.4, -0.2) is 110 Å². The van der Waals surface area contributed by atoms with Crippen molar-refractivity contribution in [1.82, 2.24) is 15.7 Å². The van der Waals surface area contributed by atoms with Gasteiger partial charge in [-0.25, -0.2) is 9.86 Å². The standard InChI is InChI=1S/C22H35N3O12S/c1-11(26)24-16-18(36-14(4)29)17(35-13(3)28)15(9-34-12(2)27)37-19(16)38-22(5,10-23-21(31)32-7)20(30)25(6)33-8/h15-19H,9-10H2,1-8H3,(H,23,31)(H,24,26)/t15-,16-,17-,18-,19-,22+/m1/s1. The van der Waals surface area contributed by atoms with E-state index in [0.717, 1.165) is 44.7 Å². The predicted molar refractivity (Wildman–Crippen MR) is 130 cm³/mol. The molecule has 6 atom stereocenters. The van der Waals surface area contributed by atoms with Gasteiger partial charge in [-0.05, 0) is 6.92 Å². The minimum Gasteiger partial charge on any atom is -0.463 e. The summed E-state index contributed by atoms with van der Waals surface area (Å²) in [5.74, 6) is -3.31. The van der Waals surface area contributed by atoms with E-state index >= 15 is 0 Å². The fourth-order valence-corrected chi connectivity index (χ4v) is 5.01. The van der Waals surface area contributed by atoms with E-state index in [9.17, 15) is 28.8 Å². The molecule has 0 unspecified atom stereocenters. The lowest BCUT2D eigenvalue weighted by Crippen LogP contribution is -2.66. The van der Waals surface area contributed by atoms with E-state index in [1.165, 1.54) is 28.0 Å². The number of rotatable bonds is 11. The first-order valence-electron chi connectivity index (χ1n) is 11.4. The second-order valence-electron chi connectivity index (χ2n) is 8.40. The van der Waals surface area contributed by atoms with Gasteiger partial charge in [0.15, 0.2) is 12.2 Å². The number of carbonyl (C=O) groups is 6. The lowest BCUT2D eigenvalue weighted by Gasteiger charge is -2.47. The highest BCUT2D eigenvalue weighted by molar-refractivity contribution is 8.01. The molecule has 1 rings (SSSR count). The highest BCUT2D eigenvalue weighted by Gasteiger charge is 2.53. The molecule has 1 aliphatic rings. The molecule has 15 nitrogen and oxygen atoms in total. The third kappa shape index (κ3) is 9.64. The summed E-state index contributed by atoms with van der Waals surface area (Å²) in [4.78, 5) is 77.7. The van der Waals surface area contributed by atoms with Gasteiger partial charge >= 0.3 is 24.0 Å². The van der Waals surface area contributed by atoms with Gasteiger partial charge in [0.25, 0.3) is 5.91 Å². The first-order chi connectivity index (χ1) is 17.6. The zero-order valence-electron chi connectivity index (χ0n) is 22.6. The Balaban J connectivity index is 3.60. The molecule has 0 radical (unpaired) electrons. The highest BCUT2D eigenvalue weighted by atomic mass is 32.2. The van der Waals surface area contributed by atoms with E-state index in [2.05, 4.69) is 15.4 Å². The van der Waals surface area contributed by atoms with Crippen LogP contribution in [0.4, 0.5) is 4.79 Å². The minimum absolute atomic E-state index is 0.274. The van der Waals surface area contributed by atoms with E-state index in [4.69, 9.17) is 23.8 Å². The Morgan fingerprint density at radius 1 is 0.947 bits per heavy atom. The van der Waals surface area contributed by atoms with Crippen molar-refractivity contribution in [2.24, 2.45) is 0 Å². The minimum atomic E-state index is -1.50. The molecule has 0 bridgehead atoms. The number of hydroxylamine groups is 2. The molecule has 1 heterocycles. The molecule has 1 fully saturated rings. The molecular weight excluding hydrogens is 530 g/mol. The highest BCUT2D eigenvalue weighted by Crippen LogP contribution is 2.39. The van der Waals surface area contributed by atoms with Crippen molar-refractivity contribution in [2.75, 3.05) is 34.4 Å². The van der Waals surface area contributed by atoms with Gasteiger partial charge < -0.3 is 34.3 Å². The quantitative estimate of drug-likeness (QED) is 0.186. The third-order valence-corrected chi connectivity index (χ3v) is 6.69. The van der Waals surface area contributed by atoms with Crippen molar-refractivity contribution in [3.8, 4) is 0 Å². The van der Waals surface area contributed by atoms with Gasteiger partial charge in [-0.2, -0.15) is 0 Å². The molecule has 0 aromatic carbocycles. The van der Waals surface area contributed by atoms with E-state index < -0.39 is 77.0 Å². The molecule has 16 heteroatoms. The Morgan fingerprint density at radius 2 is 1.53 bits per heavy atom. The largest absolute Gasteiger partial charge is 0.463 e. The lowest BCUT2D eigenvalue weighted by atomic mass is 9.97. The zero-order valence-corrected chi connectivity index (χ0v) is 23.4. The molecule has 1 aliphatic heterocycles. The molecule has 0 aromatic heterocycles. The summed E-state index contributed by atoms with van der Waals surface area (Å²) in [6, 6.07) is -1.16. The van der Waals surface area contributed by atoms with E-state index in [-0.39, 0.29) is 6.54 Å². The maximum absolute atomic E-state index is 13.3. The first-order valence-corrected chi connectivity index (χ1v) is 12.2. The average molecular weight is 566 g/mol. The number of amides is 3. The van der Waals surface area contributed by atoms with Crippen LogP contribution in [0.3, 0.4) is 0 Å². The Labute approximate surface area is 224 Å². The smallest absolute Gasteiger partial charge is 0.406 e. The van der Waals surface area contributed by atoms with Gasteiger partial charge in [0.05, 0.1) is 14.2 Å². The van der Waals surface area contributed by atoms with Crippen LogP contribution in [0, 0.1) is 0 Å². The third-order valence-electron chi connectivity index (χ3n) is 5.22. The fraction of sp³-hybridized carbons (Fsp3) is 0.727. The molecule has 0 spiro atoms. The summed E-state index contributed by atoms with van der Waals surface area (Å²) >= 11 is 0.861. The summed E-state index contributed by atoms with van der Waals surface area (Å²) in [7, 11) is 3.77. The molecule has 0 saturated carbocycles. The van der Waals surface area contributed by atoms with Crippen LogP contribution in [0.15, 0.2) is 0 Å². The number of nitrogens with one attached hydrogen (secondary N) is 2. The lowest BCUT2D eigenvalue weighted by molar-refractivity contribution is -0.212. The van der Waals surface area contributed by atoms with Crippen molar-refractivity contribution in [3.05, 3.63) is 0 Å². The number of hydrogen-bond donors (Lipinski definition) is 2. The van der Waals surface area contributed by atoms with Gasteiger partial charge in [-0.3, -0.25) is 28.8 Å². The number of thioether (sulfide) groups is 1. The molecule has 0 aliphatic carbocycles. The van der Waals surface area contributed by atoms with Crippen LogP contribution in [0.5, 0.6) is 0 Å². The SMILES string of the molecule is COC(=O)NC[C@](C)(S[C@H]1O[C@H](COC(C)=O)[C@@H](OC(C)=O)[C@H](OC(C)=O)[C@H]1NC(C)=O)C(=O)N(C)OC. The Kier molecular flexibility index (Phi) is 12.8. The Bertz CT molecular complexity index is 903. The monoisotopic (exact) mass is 565 g/mol. The molecule has 0 aromatic rings. The number of esters is 3. The van der Waals surface area contributed by atoms with Crippen LogP contribution in [0.25, 0.3) is 0 Å². The van der Waals surface area contributed by atoms with Crippen LogP contribution >= 0.6 is 11.8 Å². The molecule has 2 N–H and O–H groups in total. The summed E-state index contributed by atoms with van der Waals surface area (Å²) in [5.41, 5.74) is -1.16. The van der Waals surface area contributed by atoms with E-state index in [0.29, 0.717) is 0 Å². The normalized spacial score (nSPS) is 24.2. The maximum atomic E-state index is 13.3. The molecule has 3 amide bonds. The Hall–Kier alpha value is -3.11. The molecule has 216 valence electrons. The van der Waals surface area contributed by atoms with Gasteiger partial charge in [0.1, 0.15) is 28.9 Å². The number of hydrogen-bond acceptors (Lipinski definition) is 13. The second kappa shape index (κ2) is 14.7. The summed E-state index contributed by atoms with van der Waals surface area (Å²) in [5, 5.41) is 6.02.